The second-order valence-corrected chi connectivity index (χ2v) is 7.93. The Balaban J connectivity index is 0.000000640. The highest BCUT2D eigenvalue weighted by Crippen LogP contribution is 2.28. The molecule has 0 bridgehead atoms. The normalized spacial score (nSPS) is 10.8. The number of aromatic nitrogens is 2. The fraction of sp³-hybridized carbons (Fsp3) is 0.318. The van der Waals surface area contributed by atoms with E-state index in [2.05, 4.69) is 51.6 Å². The monoisotopic (exact) mass is 400 g/mol. The predicted molar refractivity (Wildman–Crippen MR) is 118 cm³/mol. The van der Waals surface area contributed by atoms with E-state index in [1.807, 2.05) is 26.4 Å². The molecule has 0 aliphatic heterocycles. The number of pyridine rings is 1. The minimum atomic E-state index is -0.358. The number of nitrogens with zero attached hydrogens (tertiary/aromatic N) is 3. The Bertz CT molecular complexity index is 887. The van der Waals surface area contributed by atoms with Crippen LogP contribution in [0, 0.1) is 6.92 Å². The first-order valence-corrected chi connectivity index (χ1v) is 10.0. The Morgan fingerprint density at radius 3 is 2.50 bits per heavy atom. The van der Waals surface area contributed by atoms with E-state index in [1.165, 1.54) is 16.0 Å². The van der Waals surface area contributed by atoms with Crippen molar-refractivity contribution in [2.45, 2.75) is 24.8 Å². The molecule has 0 saturated heterocycles. The molecule has 150 valence electrons. The molecule has 0 aliphatic carbocycles. The summed E-state index contributed by atoms with van der Waals surface area (Å²) in [4.78, 5) is 5.48. The molecule has 4 nitrogen and oxygen atoms in total. The minimum Gasteiger partial charge on any atom is -0.342 e. The maximum atomic E-state index is 12.9. The molecule has 6 heteroatoms. The van der Waals surface area contributed by atoms with Crippen molar-refractivity contribution in [2.75, 3.05) is 27.3 Å². The molecule has 0 amide bonds. The summed E-state index contributed by atoms with van der Waals surface area (Å²) in [6, 6.07) is 10.6. The fourth-order valence-electron chi connectivity index (χ4n) is 3.07. The average molecular weight is 401 g/mol. The van der Waals surface area contributed by atoms with Gasteiger partial charge in [-0.1, -0.05) is 18.2 Å². The molecule has 0 aliphatic rings. The van der Waals surface area contributed by atoms with Gasteiger partial charge in [0.05, 0.1) is 12.1 Å². The number of benzene rings is 1. The summed E-state index contributed by atoms with van der Waals surface area (Å²) < 4.78 is 17.1. The van der Waals surface area contributed by atoms with Crippen LogP contribution in [-0.4, -0.2) is 41.2 Å². The number of fused-ring (bicyclic) bond motifs is 1. The Hall–Kier alpha value is -2.15. The molecule has 3 rings (SSSR count). The van der Waals surface area contributed by atoms with Gasteiger partial charge in [0.2, 0.25) is 0 Å². The van der Waals surface area contributed by atoms with Crippen molar-refractivity contribution in [1.82, 2.24) is 13.9 Å². The lowest BCUT2D eigenvalue weighted by Gasteiger charge is -2.09. The molecule has 2 N–H and O–H groups in total. The molecule has 1 aromatic carbocycles. The third kappa shape index (κ3) is 5.67. The van der Waals surface area contributed by atoms with E-state index in [9.17, 15) is 4.39 Å². The first kappa shape index (κ1) is 22.1. The maximum absolute atomic E-state index is 12.9. The smallest absolute Gasteiger partial charge is 0.107 e. The summed E-state index contributed by atoms with van der Waals surface area (Å²) in [6.45, 7) is 6.04. The van der Waals surface area contributed by atoms with E-state index in [1.54, 1.807) is 24.2 Å². The van der Waals surface area contributed by atoms with Gasteiger partial charge in [0, 0.05) is 34.9 Å². The molecular weight excluding hydrogens is 371 g/mol. The molecule has 0 saturated carbocycles. The minimum absolute atomic E-state index is 0.358. The van der Waals surface area contributed by atoms with Crippen molar-refractivity contribution >= 4 is 22.9 Å². The van der Waals surface area contributed by atoms with Gasteiger partial charge >= 0.3 is 0 Å². The second-order valence-electron chi connectivity index (χ2n) is 6.55. The first-order valence-electron chi connectivity index (χ1n) is 9.24. The fourth-order valence-corrected chi connectivity index (χ4v) is 3.75. The quantitative estimate of drug-likeness (QED) is 0.465. The van der Waals surface area contributed by atoms with Crippen LogP contribution >= 0.6 is 11.9 Å². The molecule has 2 aromatic heterocycles. The van der Waals surface area contributed by atoms with Crippen LogP contribution in [0.3, 0.4) is 0 Å². The zero-order chi connectivity index (χ0) is 20.5. The number of rotatable bonds is 7. The zero-order valence-corrected chi connectivity index (χ0v) is 17.7. The highest BCUT2D eigenvalue weighted by atomic mass is 32.2. The lowest BCUT2D eigenvalue weighted by molar-refractivity contribution is 0.447. The summed E-state index contributed by atoms with van der Waals surface area (Å²) >= 11 is 1.71. The van der Waals surface area contributed by atoms with E-state index in [0.29, 0.717) is 13.1 Å². The number of alkyl halides is 1. The van der Waals surface area contributed by atoms with E-state index < -0.39 is 0 Å². The average Bonchev–Trinajstić information content (AvgIpc) is 2.95. The summed E-state index contributed by atoms with van der Waals surface area (Å²) in [7, 11) is 4.07. The third-order valence-corrected chi connectivity index (χ3v) is 5.17. The van der Waals surface area contributed by atoms with Gasteiger partial charge in [-0.25, -0.2) is 4.39 Å². The van der Waals surface area contributed by atoms with Crippen LogP contribution in [0.1, 0.15) is 16.8 Å². The summed E-state index contributed by atoms with van der Waals surface area (Å²) in [6.07, 6.45) is 6.15. The zero-order valence-electron chi connectivity index (χ0n) is 16.9. The van der Waals surface area contributed by atoms with Crippen molar-refractivity contribution < 1.29 is 4.39 Å². The van der Waals surface area contributed by atoms with Crippen LogP contribution in [-0.2, 0) is 13.0 Å². The first-order chi connectivity index (χ1) is 13.5. The van der Waals surface area contributed by atoms with Gasteiger partial charge in [-0.3, -0.25) is 9.29 Å². The van der Waals surface area contributed by atoms with Crippen molar-refractivity contribution in [3.05, 3.63) is 72.2 Å². The molecule has 28 heavy (non-hydrogen) atoms. The Labute approximate surface area is 171 Å². The molecule has 0 fully saturated rings. The highest BCUT2D eigenvalue weighted by Gasteiger charge is 2.14. The van der Waals surface area contributed by atoms with E-state index in [4.69, 9.17) is 5.73 Å². The Morgan fingerprint density at radius 1 is 1.25 bits per heavy atom. The van der Waals surface area contributed by atoms with Crippen molar-refractivity contribution in [1.29, 1.82) is 0 Å². The molecule has 2 heterocycles. The number of nitrogens with two attached hydrogens (primary N) is 1. The van der Waals surface area contributed by atoms with E-state index in [-0.39, 0.29) is 6.67 Å². The lowest BCUT2D eigenvalue weighted by Crippen LogP contribution is -2.02. The van der Waals surface area contributed by atoms with Gasteiger partial charge in [0.25, 0.3) is 0 Å². The topological polar surface area (TPSA) is 47.1 Å². The molecule has 3 aromatic rings. The largest absolute Gasteiger partial charge is 0.342 e. The van der Waals surface area contributed by atoms with Crippen molar-refractivity contribution in [3.63, 3.8) is 0 Å². The van der Waals surface area contributed by atoms with E-state index in [0.717, 1.165) is 23.0 Å². The third-order valence-electron chi connectivity index (χ3n) is 4.32. The molecule has 0 atom stereocenters. The molecule has 0 spiro atoms. The van der Waals surface area contributed by atoms with E-state index >= 15 is 0 Å². The van der Waals surface area contributed by atoms with Crippen molar-refractivity contribution in [2.24, 2.45) is 5.73 Å². The molecule has 0 unspecified atom stereocenters. The summed E-state index contributed by atoms with van der Waals surface area (Å²) in [5, 5.41) is 1.12. The van der Waals surface area contributed by atoms with Gasteiger partial charge in [-0.2, -0.15) is 0 Å². The van der Waals surface area contributed by atoms with Gasteiger partial charge in [-0.15, -0.1) is 6.58 Å². The number of hydrogen-bond donors (Lipinski definition) is 1. The van der Waals surface area contributed by atoms with Gasteiger partial charge < -0.3 is 10.3 Å². The number of aryl methyl sites for hydroxylation is 1. The molecular formula is C22H29FN4S. The lowest BCUT2D eigenvalue weighted by atomic mass is 10.0. The maximum Gasteiger partial charge on any atom is 0.107 e. The van der Waals surface area contributed by atoms with Gasteiger partial charge in [-0.05, 0) is 68.7 Å². The standard InChI is InChI=1S/C19H22FN3S.C3H7N/c1-14-17(12-15-4-6-16(7-5-15)24-22(2)3)18-13-21-10-8-19(18)23(14)11-9-20;1-2-3-4/h4-8,10,13H,9,11-12H2,1-3H3;2H,1,3-4H2. The number of halogens is 1. The predicted octanol–water partition coefficient (Wildman–Crippen LogP) is 4.60. The Morgan fingerprint density at radius 2 is 1.93 bits per heavy atom. The number of hydrogen-bond acceptors (Lipinski definition) is 4. The van der Waals surface area contributed by atoms with Gasteiger partial charge in [0.15, 0.2) is 0 Å². The second kappa shape index (κ2) is 11.0. The van der Waals surface area contributed by atoms with Crippen LogP contribution < -0.4 is 5.73 Å². The van der Waals surface area contributed by atoms with Crippen LogP contribution in [0.4, 0.5) is 4.39 Å². The van der Waals surface area contributed by atoms with Crippen LogP contribution in [0.5, 0.6) is 0 Å². The SMILES string of the molecule is C=CCN.Cc1c(Cc2ccc(SN(C)C)cc2)c2cnccc2n1CCF. The highest BCUT2D eigenvalue weighted by molar-refractivity contribution is 7.97. The summed E-state index contributed by atoms with van der Waals surface area (Å²) in [5.41, 5.74) is 9.59. The van der Waals surface area contributed by atoms with Crippen LogP contribution in [0.15, 0.2) is 60.3 Å². The Kier molecular flexibility index (Phi) is 8.70. The molecule has 0 radical (unpaired) electrons. The summed E-state index contributed by atoms with van der Waals surface area (Å²) in [5.74, 6) is 0. The van der Waals surface area contributed by atoms with Crippen molar-refractivity contribution in [3.8, 4) is 0 Å². The van der Waals surface area contributed by atoms with Crippen LogP contribution in [0.25, 0.3) is 10.9 Å². The van der Waals surface area contributed by atoms with Gasteiger partial charge in [0.1, 0.15) is 6.67 Å². The van der Waals surface area contributed by atoms with Crippen LogP contribution in [0.2, 0.25) is 0 Å².